The van der Waals surface area contributed by atoms with Crippen LogP contribution >= 0.6 is 0 Å². The third-order valence-electron chi connectivity index (χ3n) is 7.05. The minimum atomic E-state index is -0.326. The number of fused-ring (bicyclic) bond motifs is 2. The van der Waals surface area contributed by atoms with E-state index < -0.39 is 0 Å². The van der Waals surface area contributed by atoms with Gasteiger partial charge in [-0.05, 0) is 56.2 Å². The highest BCUT2D eigenvalue weighted by molar-refractivity contribution is 5.99. The zero-order valence-electron chi connectivity index (χ0n) is 20.7. The minimum Gasteiger partial charge on any atom is -0.377 e. The molecule has 0 spiro atoms. The number of nitrogens with zero attached hydrogens (tertiary/aromatic N) is 6. The number of hydrogen-bond donors (Lipinski definition) is 2. The van der Waals surface area contributed by atoms with Crippen molar-refractivity contribution in [3.8, 4) is 11.4 Å². The summed E-state index contributed by atoms with van der Waals surface area (Å²) in [5.41, 5.74) is 2.19. The average molecular weight is 503 g/mol. The van der Waals surface area contributed by atoms with Crippen molar-refractivity contribution >= 4 is 29.3 Å². The summed E-state index contributed by atoms with van der Waals surface area (Å²) in [7, 11) is 0. The number of aromatic nitrogens is 4. The van der Waals surface area contributed by atoms with Gasteiger partial charge in [-0.1, -0.05) is 0 Å². The number of morpholine rings is 2. The largest absolute Gasteiger partial charge is 0.377 e. The van der Waals surface area contributed by atoms with Crippen LogP contribution in [0.1, 0.15) is 19.8 Å². The van der Waals surface area contributed by atoms with Gasteiger partial charge in [-0.3, -0.25) is 4.98 Å². The SMILES string of the molecule is C[C@@H]1COCCN1c1nc(-c2ccc(NC(=O)Nc3ccncc3)cc2)nc(N2C3CCC2COC3)n1. The number of anilines is 4. The second-order valence-corrected chi connectivity index (χ2v) is 9.60. The van der Waals surface area contributed by atoms with E-state index >= 15 is 0 Å². The quantitative estimate of drug-likeness (QED) is 0.542. The zero-order chi connectivity index (χ0) is 25.2. The Balaban J connectivity index is 1.27. The smallest absolute Gasteiger partial charge is 0.323 e. The summed E-state index contributed by atoms with van der Waals surface area (Å²) in [6, 6.07) is 11.4. The Bertz CT molecular complexity index is 1230. The van der Waals surface area contributed by atoms with Crippen LogP contribution in [0.4, 0.5) is 28.1 Å². The molecule has 3 saturated heterocycles. The van der Waals surface area contributed by atoms with Crippen molar-refractivity contribution in [3.63, 3.8) is 0 Å². The van der Waals surface area contributed by atoms with Gasteiger partial charge < -0.3 is 29.9 Å². The van der Waals surface area contributed by atoms with Crippen LogP contribution in [0.5, 0.6) is 0 Å². The number of benzene rings is 1. The van der Waals surface area contributed by atoms with Gasteiger partial charge in [0.25, 0.3) is 0 Å². The van der Waals surface area contributed by atoms with E-state index in [1.54, 1.807) is 24.5 Å². The first-order valence-corrected chi connectivity index (χ1v) is 12.7. The molecule has 6 rings (SSSR count). The van der Waals surface area contributed by atoms with Crippen LogP contribution in [0.3, 0.4) is 0 Å². The molecule has 0 aliphatic carbocycles. The molecule has 3 aliphatic heterocycles. The summed E-state index contributed by atoms with van der Waals surface area (Å²) in [4.78, 5) is 35.6. The molecule has 37 heavy (non-hydrogen) atoms. The maximum absolute atomic E-state index is 12.4. The Morgan fingerprint density at radius 1 is 0.865 bits per heavy atom. The molecule has 1 aromatic carbocycles. The number of amides is 2. The van der Waals surface area contributed by atoms with E-state index in [2.05, 4.69) is 32.3 Å². The molecule has 3 fully saturated rings. The third kappa shape index (κ3) is 5.05. The molecule has 192 valence electrons. The van der Waals surface area contributed by atoms with Gasteiger partial charge in [-0.25, -0.2) is 4.79 Å². The van der Waals surface area contributed by atoms with E-state index in [1.807, 2.05) is 24.3 Å². The first-order chi connectivity index (χ1) is 18.1. The third-order valence-corrected chi connectivity index (χ3v) is 7.05. The fourth-order valence-electron chi connectivity index (χ4n) is 5.14. The van der Waals surface area contributed by atoms with Gasteiger partial charge in [-0.2, -0.15) is 15.0 Å². The number of pyridine rings is 1. The van der Waals surface area contributed by atoms with Crippen molar-refractivity contribution < 1.29 is 14.3 Å². The number of urea groups is 1. The number of ether oxygens (including phenoxy) is 2. The molecule has 0 radical (unpaired) electrons. The Morgan fingerprint density at radius 3 is 2.24 bits per heavy atom. The van der Waals surface area contributed by atoms with Crippen molar-refractivity contribution in [1.29, 1.82) is 0 Å². The highest BCUT2D eigenvalue weighted by atomic mass is 16.5. The van der Waals surface area contributed by atoms with Crippen LogP contribution in [0.2, 0.25) is 0 Å². The highest BCUT2D eigenvalue weighted by Gasteiger charge is 2.39. The predicted octanol–water partition coefficient (Wildman–Crippen LogP) is 3.17. The van der Waals surface area contributed by atoms with Crippen molar-refractivity contribution in [2.24, 2.45) is 0 Å². The van der Waals surface area contributed by atoms with Gasteiger partial charge in [0, 0.05) is 35.9 Å². The molecular formula is C26H30N8O3. The van der Waals surface area contributed by atoms with E-state index in [9.17, 15) is 4.79 Å². The highest BCUT2D eigenvalue weighted by Crippen LogP contribution is 2.34. The van der Waals surface area contributed by atoms with Gasteiger partial charge in [0.05, 0.1) is 44.6 Å². The number of hydrogen-bond acceptors (Lipinski definition) is 9. The molecule has 5 heterocycles. The van der Waals surface area contributed by atoms with Crippen LogP contribution in [0.15, 0.2) is 48.8 Å². The van der Waals surface area contributed by atoms with Crippen molar-refractivity contribution in [2.45, 2.75) is 37.9 Å². The molecular weight excluding hydrogens is 472 g/mol. The van der Waals surface area contributed by atoms with Gasteiger partial charge in [0.1, 0.15) is 0 Å². The summed E-state index contributed by atoms with van der Waals surface area (Å²) in [6.45, 7) is 5.53. The maximum Gasteiger partial charge on any atom is 0.323 e. The molecule has 11 nitrogen and oxygen atoms in total. The van der Waals surface area contributed by atoms with Gasteiger partial charge in [0.2, 0.25) is 11.9 Å². The molecule has 2 amide bonds. The van der Waals surface area contributed by atoms with E-state index in [0.29, 0.717) is 55.5 Å². The summed E-state index contributed by atoms with van der Waals surface area (Å²) in [5.74, 6) is 1.98. The molecule has 3 aromatic rings. The lowest BCUT2D eigenvalue weighted by molar-refractivity contribution is 0.0895. The van der Waals surface area contributed by atoms with Crippen LogP contribution in [-0.4, -0.2) is 77.1 Å². The molecule has 11 heteroatoms. The average Bonchev–Trinajstić information content (AvgIpc) is 3.17. The molecule has 3 aliphatic rings. The Labute approximate surface area is 215 Å². The fraction of sp³-hybridized carbons (Fsp3) is 0.423. The van der Waals surface area contributed by atoms with Gasteiger partial charge >= 0.3 is 6.03 Å². The molecule has 2 unspecified atom stereocenters. The predicted molar refractivity (Wildman–Crippen MR) is 140 cm³/mol. The monoisotopic (exact) mass is 502 g/mol. The molecule has 2 bridgehead atoms. The lowest BCUT2D eigenvalue weighted by Gasteiger charge is -2.36. The summed E-state index contributed by atoms with van der Waals surface area (Å²) < 4.78 is 11.4. The van der Waals surface area contributed by atoms with Crippen LogP contribution < -0.4 is 20.4 Å². The van der Waals surface area contributed by atoms with Crippen LogP contribution in [0, 0.1) is 0 Å². The fourth-order valence-corrected chi connectivity index (χ4v) is 5.14. The van der Waals surface area contributed by atoms with Gasteiger partial charge in [0.15, 0.2) is 5.82 Å². The molecule has 0 saturated carbocycles. The normalized spacial score (nSPS) is 23.1. The van der Waals surface area contributed by atoms with Crippen LogP contribution in [0.25, 0.3) is 11.4 Å². The molecule has 2 aromatic heterocycles. The standard InChI is InChI=1S/C26H30N8O3/c1-17-14-36-13-12-33(17)24-30-23(31-25(32-24)34-21-6-7-22(34)16-37-15-21)18-2-4-19(5-3-18)28-26(35)29-20-8-10-27-11-9-20/h2-5,8-11,17,21-22H,6-7,12-16H2,1H3,(H2,27,28,29,35)/t17-,21?,22?/m1/s1. The molecule has 3 atom stereocenters. The lowest BCUT2D eigenvalue weighted by atomic mass is 10.2. The van der Waals surface area contributed by atoms with E-state index in [-0.39, 0.29) is 24.2 Å². The Hall–Kier alpha value is -3.83. The number of carbonyl (C=O) groups is 1. The summed E-state index contributed by atoms with van der Waals surface area (Å²) in [6.07, 6.45) is 5.41. The Kier molecular flexibility index (Phi) is 6.54. The first kappa shape index (κ1) is 23.6. The number of rotatable bonds is 5. The van der Waals surface area contributed by atoms with E-state index in [1.165, 1.54) is 0 Å². The first-order valence-electron chi connectivity index (χ1n) is 12.7. The van der Waals surface area contributed by atoms with Crippen LogP contribution in [-0.2, 0) is 9.47 Å². The zero-order valence-corrected chi connectivity index (χ0v) is 20.7. The van der Waals surface area contributed by atoms with E-state index in [0.717, 1.165) is 24.9 Å². The summed E-state index contributed by atoms with van der Waals surface area (Å²) >= 11 is 0. The van der Waals surface area contributed by atoms with Crippen molar-refractivity contribution in [1.82, 2.24) is 19.9 Å². The minimum absolute atomic E-state index is 0.170. The second kappa shape index (κ2) is 10.3. The summed E-state index contributed by atoms with van der Waals surface area (Å²) in [5, 5.41) is 5.64. The maximum atomic E-state index is 12.4. The lowest BCUT2D eigenvalue weighted by Crippen LogP contribution is -2.48. The van der Waals surface area contributed by atoms with Gasteiger partial charge in [-0.15, -0.1) is 0 Å². The molecule has 2 N–H and O–H groups in total. The number of nitrogens with one attached hydrogen (secondary N) is 2. The van der Waals surface area contributed by atoms with Crippen molar-refractivity contribution in [3.05, 3.63) is 48.8 Å². The number of carbonyl (C=O) groups excluding carboxylic acids is 1. The van der Waals surface area contributed by atoms with E-state index in [4.69, 9.17) is 24.4 Å². The topological polar surface area (TPSA) is 118 Å². The van der Waals surface area contributed by atoms with Crippen molar-refractivity contribution in [2.75, 3.05) is 53.4 Å². The second-order valence-electron chi connectivity index (χ2n) is 9.60. The Morgan fingerprint density at radius 2 is 1.54 bits per heavy atom.